The zero-order chi connectivity index (χ0) is 25.4. The zero-order valence-electron chi connectivity index (χ0n) is 19.5. The Labute approximate surface area is 204 Å². The lowest BCUT2D eigenvalue weighted by atomic mass is 10.0. The number of fused-ring (bicyclic) bond motifs is 3. The number of hydrogen-bond acceptors (Lipinski definition) is 8. The van der Waals surface area contributed by atoms with E-state index in [-0.39, 0.29) is 23.9 Å². The van der Waals surface area contributed by atoms with E-state index in [0.717, 1.165) is 0 Å². The average Bonchev–Trinajstić information content (AvgIpc) is 2.84. The fourth-order valence-electron chi connectivity index (χ4n) is 4.65. The summed E-state index contributed by atoms with van der Waals surface area (Å²) in [6, 6.07) is 6.82. The van der Waals surface area contributed by atoms with E-state index in [1.165, 1.54) is 13.1 Å². The average molecular weight is 489 g/mol. The quantitative estimate of drug-likeness (QED) is 0.346. The molecule has 2 amide bonds. The van der Waals surface area contributed by atoms with Crippen molar-refractivity contribution in [2.24, 2.45) is 5.73 Å². The van der Waals surface area contributed by atoms with E-state index < -0.39 is 17.2 Å². The lowest BCUT2D eigenvalue weighted by Crippen LogP contribution is -2.42. The molecule has 5 rings (SSSR count). The molecule has 184 valence electrons. The van der Waals surface area contributed by atoms with Gasteiger partial charge in [-0.2, -0.15) is 0 Å². The second-order valence-corrected chi connectivity index (χ2v) is 8.80. The SMILES string of the molecule is CC(=O)Nc1ccc(-c2ccc3ncc4c(=O)[nH]c(=O)n(C5CCN(CC(N)=O)CC5)c4c3n2)cn1. The molecular weight excluding hydrogens is 464 g/mol. The van der Waals surface area contributed by atoms with Crippen LogP contribution < -0.4 is 22.3 Å². The molecule has 1 aliphatic rings. The van der Waals surface area contributed by atoms with Crippen LogP contribution in [-0.4, -0.2) is 60.9 Å². The summed E-state index contributed by atoms with van der Waals surface area (Å²) in [5.41, 5.74) is 6.95. The van der Waals surface area contributed by atoms with Crippen molar-refractivity contribution in [2.75, 3.05) is 25.0 Å². The molecule has 0 radical (unpaired) electrons. The number of aromatic nitrogens is 5. The highest BCUT2D eigenvalue weighted by Crippen LogP contribution is 2.28. The van der Waals surface area contributed by atoms with Crippen molar-refractivity contribution in [3.63, 3.8) is 0 Å². The van der Waals surface area contributed by atoms with E-state index in [1.807, 2.05) is 4.90 Å². The van der Waals surface area contributed by atoms with Gasteiger partial charge in [0.05, 0.1) is 28.7 Å². The number of aromatic amines is 1. The van der Waals surface area contributed by atoms with E-state index in [9.17, 15) is 19.2 Å². The summed E-state index contributed by atoms with van der Waals surface area (Å²) < 4.78 is 1.59. The van der Waals surface area contributed by atoms with Crippen LogP contribution in [0.15, 0.2) is 46.2 Å². The second-order valence-electron chi connectivity index (χ2n) is 8.80. The van der Waals surface area contributed by atoms with Gasteiger partial charge in [0.1, 0.15) is 11.3 Å². The molecule has 12 heteroatoms. The molecule has 4 aromatic rings. The fourth-order valence-corrected chi connectivity index (χ4v) is 4.65. The molecule has 1 saturated heterocycles. The Balaban J connectivity index is 1.62. The minimum Gasteiger partial charge on any atom is -0.369 e. The van der Waals surface area contributed by atoms with E-state index in [1.54, 1.807) is 35.0 Å². The summed E-state index contributed by atoms with van der Waals surface area (Å²) in [7, 11) is 0. The third-order valence-corrected chi connectivity index (χ3v) is 6.28. The summed E-state index contributed by atoms with van der Waals surface area (Å²) in [5, 5.41) is 2.89. The number of rotatable bonds is 5. The maximum Gasteiger partial charge on any atom is 0.329 e. The second kappa shape index (κ2) is 9.30. The Bertz CT molecular complexity index is 1600. The van der Waals surface area contributed by atoms with Gasteiger partial charge in [-0.25, -0.2) is 14.8 Å². The maximum atomic E-state index is 13.1. The summed E-state index contributed by atoms with van der Waals surface area (Å²) in [6.07, 6.45) is 4.25. The number of nitrogens with zero attached hydrogens (tertiary/aromatic N) is 5. The molecule has 0 spiro atoms. The Hall–Kier alpha value is -4.45. The molecule has 0 aromatic carbocycles. The topological polar surface area (TPSA) is 169 Å². The van der Waals surface area contributed by atoms with E-state index >= 15 is 0 Å². The van der Waals surface area contributed by atoms with Gasteiger partial charge in [-0.3, -0.25) is 33.8 Å². The van der Waals surface area contributed by atoms with Crippen LogP contribution in [0.5, 0.6) is 0 Å². The highest BCUT2D eigenvalue weighted by atomic mass is 16.2. The third kappa shape index (κ3) is 4.45. The smallest absolute Gasteiger partial charge is 0.329 e. The van der Waals surface area contributed by atoms with E-state index in [0.29, 0.717) is 59.6 Å². The van der Waals surface area contributed by atoms with Gasteiger partial charge in [0.15, 0.2) is 0 Å². The number of anilines is 1. The number of likely N-dealkylation sites (tertiary alicyclic amines) is 1. The molecule has 0 unspecified atom stereocenters. The molecule has 5 heterocycles. The number of nitrogens with one attached hydrogen (secondary N) is 2. The van der Waals surface area contributed by atoms with Crippen molar-refractivity contribution in [1.82, 2.24) is 29.4 Å². The first-order chi connectivity index (χ1) is 17.3. The number of carbonyl (C=O) groups is 2. The Morgan fingerprint density at radius 1 is 1.11 bits per heavy atom. The normalized spacial score (nSPS) is 14.8. The van der Waals surface area contributed by atoms with Crippen LogP contribution in [0.25, 0.3) is 33.2 Å². The molecule has 0 bridgehead atoms. The Kier molecular flexibility index (Phi) is 6.02. The lowest BCUT2D eigenvalue weighted by molar-refractivity contribution is -0.119. The predicted octanol–water partition coefficient (Wildman–Crippen LogP) is 0.776. The van der Waals surface area contributed by atoms with Crippen LogP contribution in [0.2, 0.25) is 0 Å². The number of carbonyl (C=O) groups excluding carboxylic acids is 2. The molecular formula is C24H24N8O4. The highest BCUT2D eigenvalue weighted by Gasteiger charge is 2.25. The Morgan fingerprint density at radius 3 is 2.56 bits per heavy atom. The van der Waals surface area contributed by atoms with Gasteiger partial charge in [-0.1, -0.05) is 0 Å². The van der Waals surface area contributed by atoms with Crippen LogP contribution in [0, 0.1) is 0 Å². The summed E-state index contributed by atoms with van der Waals surface area (Å²) in [4.78, 5) is 66.1. The largest absolute Gasteiger partial charge is 0.369 e. The number of hydrogen-bond donors (Lipinski definition) is 3. The number of primary amides is 1. The first-order valence-corrected chi connectivity index (χ1v) is 11.5. The van der Waals surface area contributed by atoms with Crippen molar-refractivity contribution >= 4 is 39.6 Å². The van der Waals surface area contributed by atoms with Crippen molar-refractivity contribution in [2.45, 2.75) is 25.8 Å². The first-order valence-electron chi connectivity index (χ1n) is 11.5. The molecule has 12 nitrogen and oxygen atoms in total. The number of H-pyrrole nitrogens is 1. The van der Waals surface area contributed by atoms with Crippen molar-refractivity contribution in [3.05, 3.63) is 57.5 Å². The molecule has 1 aliphatic heterocycles. The molecule has 4 aromatic heterocycles. The number of amides is 2. The van der Waals surface area contributed by atoms with Gasteiger partial charge in [0.25, 0.3) is 5.56 Å². The monoisotopic (exact) mass is 488 g/mol. The van der Waals surface area contributed by atoms with Crippen molar-refractivity contribution in [1.29, 1.82) is 0 Å². The summed E-state index contributed by atoms with van der Waals surface area (Å²) >= 11 is 0. The third-order valence-electron chi connectivity index (χ3n) is 6.28. The lowest BCUT2D eigenvalue weighted by Gasteiger charge is -2.32. The van der Waals surface area contributed by atoms with Gasteiger partial charge in [0.2, 0.25) is 11.8 Å². The van der Waals surface area contributed by atoms with E-state index in [2.05, 4.69) is 20.3 Å². The molecule has 0 saturated carbocycles. The molecule has 1 fully saturated rings. The van der Waals surface area contributed by atoms with Gasteiger partial charge < -0.3 is 11.1 Å². The Morgan fingerprint density at radius 2 is 1.89 bits per heavy atom. The predicted molar refractivity (Wildman–Crippen MR) is 133 cm³/mol. The van der Waals surface area contributed by atoms with Crippen molar-refractivity contribution in [3.8, 4) is 11.3 Å². The summed E-state index contributed by atoms with van der Waals surface area (Å²) in [5.74, 6) is -0.198. The molecule has 0 atom stereocenters. The zero-order valence-corrected chi connectivity index (χ0v) is 19.5. The van der Waals surface area contributed by atoms with Gasteiger partial charge >= 0.3 is 5.69 Å². The maximum absolute atomic E-state index is 13.1. The minimum absolute atomic E-state index is 0.167. The van der Waals surface area contributed by atoms with Crippen LogP contribution in [-0.2, 0) is 9.59 Å². The summed E-state index contributed by atoms with van der Waals surface area (Å²) in [6.45, 7) is 2.76. The van der Waals surface area contributed by atoms with Crippen LogP contribution in [0.1, 0.15) is 25.8 Å². The van der Waals surface area contributed by atoms with Crippen LogP contribution in [0.4, 0.5) is 5.82 Å². The minimum atomic E-state index is -0.527. The van der Waals surface area contributed by atoms with Gasteiger partial charge in [-0.05, 0) is 37.1 Å². The number of pyridine rings is 3. The van der Waals surface area contributed by atoms with Crippen LogP contribution in [0.3, 0.4) is 0 Å². The van der Waals surface area contributed by atoms with Crippen LogP contribution >= 0.6 is 0 Å². The van der Waals surface area contributed by atoms with E-state index in [4.69, 9.17) is 10.7 Å². The number of piperidine rings is 1. The van der Waals surface area contributed by atoms with Crippen molar-refractivity contribution < 1.29 is 9.59 Å². The number of nitrogens with two attached hydrogens (primary N) is 1. The first kappa shape index (κ1) is 23.3. The molecule has 4 N–H and O–H groups in total. The fraction of sp³-hybridized carbons (Fsp3) is 0.292. The highest BCUT2D eigenvalue weighted by molar-refractivity contribution is 6.01. The van der Waals surface area contributed by atoms with Gasteiger partial charge in [0, 0.05) is 44.0 Å². The molecule has 36 heavy (non-hydrogen) atoms. The molecule has 0 aliphatic carbocycles. The van der Waals surface area contributed by atoms with Gasteiger partial charge in [-0.15, -0.1) is 0 Å². The standard InChI is InChI=1S/C24H24N8O4/c1-13(33)28-20-5-2-14(10-27-20)17-3-4-18-21(29-17)22-16(11-26-18)23(35)30-24(36)32(22)15-6-8-31(9-7-15)12-19(25)34/h2-5,10-11,15H,6-9,12H2,1H3,(H2,25,34)(H,27,28,33)(H,30,35,36).